The zero-order valence-electron chi connectivity index (χ0n) is 8.22. The summed E-state index contributed by atoms with van der Waals surface area (Å²) in [5, 5.41) is 4.44. The van der Waals surface area contributed by atoms with E-state index in [0.29, 0.717) is 16.7 Å². The van der Waals surface area contributed by atoms with Crippen LogP contribution in [0.2, 0.25) is 5.15 Å². The summed E-state index contributed by atoms with van der Waals surface area (Å²) in [6.45, 7) is 2.82. The van der Waals surface area contributed by atoms with E-state index in [-0.39, 0.29) is 0 Å². The Bertz CT molecular complexity index is 455. The molecule has 2 rings (SSSR count). The Morgan fingerprint density at radius 2 is 2.40 bits per heavy atom. The third kappa shape index (κ3) is 2.27. The minimum absolute atomic E-state index is 0.349. The number of hydrogen-bond donors (Lipinski definition) is 0. The van der Waals surface area contributed by atoms with E-state index in [1.807, 2.05) is 13.1 Å². The molecule has 0 bridgehead atoms. The van der Waals surface area contributed by atoms with E-state index in [4.69, 9.17) is 16.3 Å². The number of rotatable bonds is 3. The van der Waals surface area contributed by atoms with Crippen molar-refractivity contribution < 1.29 is 4.74 Å². The first-order valence-electron chi connectivity index (χ1n) is 4.60. The molecule has 0 saturated heterocycles. The van der Waals surface area contributed by atoms with Crippen LogP contribution in [0.1, 0.15) is 6.92 Å². The van der Waals surface area contributed by atoms with Crippen molar-refractivity contribution in [2.75, 3.05) is 0 Å². The number of aromatic nitrogens is 3. The van der Waals surface area contributed by atoms with Gasteiger partial charge in [0, 0.05) is 12.7 Å². The van der Waals surface area contributed by atoms with Gasteiger partial charge in [-0.25, -0.2) is 4.98 Å². The van der Waals surface area contributed by atoms with Crippen molar-refractivity contribution in [2.45, 2.75) is 13.5 Å². The molecule has 0 aliphatic heterocycles. The van der Waals surface area contributed by atoms with E-state index < -0.39 is 0 Å². The molecule has 0 amide bonds. The van der Waals surface area contributed by atoms with Crippen LogP contribution in [-0.2, 0) is 6.54 Å². The maximum Gasteiger partial charge on any atom is 0.171 e. The zero-order valence-corrected chi connectivity index (χ0v) is 8.98. The highest BCUT2D eigenvalue weighted by Crippen LogP contribution is 2.26. The fourth-order valence-electron chi connectivity index (χ4n) is 1.14. The standard InChI is InChI=1S/C10H10ClN3O/c1-2-14-7-8(6-13-14)15-9-4-3-5-12-10(9)11/h3-7H,2H2,1H3. The lowest BCUT2D eigenvalue weighted by Gasteiger charge is -2.02. The van der Waals surface area contributed by atoms with Gasteiger partial charge in [0.15, 0.2) is 16.7 Å². The van der Waals surface area contributed by atoms with Crippen LogP contribution in [0, 0.1) is 0 Å². The first kappa shape index (κ1) is 9.98. The van der Waals surface area contributed by atoms with Gasteiger partial charge in [0.05, 0.1) is 12.4 Å². The van der Waals surface area contributed by atoms with E-state index in [0.717, 1.165) is 6.54 Å². The molecule has 2 aromatic rings. The summed E-state index contributed by atoms with van der Waals surface area (Å²) in [5.74, 6) is 1.20. The van der Waals surface area contributed by atoms with Gasteiger partial charge in [-0.3, -0.25) is 4.68 Å². The lowest BCUT2D eigenvalue weighted by molar-refractivity contribution is 0.479. The van der Waals surface area contributed by atoms with Crippen LogP contribution in [0.15, 0.2) is 30.7 Å². The van der Waals surface area contributed by atoms with E-state index >= 15 is 0 Å². The number of pyridine rings is 1. The van der Waals surface area contributed by atoms with Gasteiger partial charge in [-0.1, -0.05) is 11.6 Å². The topological polar surface area (TPSA) is 39.9 Å². The second-order valence-electron chi connectivity index (χ2n) is 2.93. The molecule has 4 nitrogen and oxygen atoms in total. The van der Waals surface area contributed by atoms with E-state index in [1.165, 1.54) is 0 Å². The minimum atomic E-state index is 0.349. The summed E-state index contributed by atoms with van der Waals surface area (Å²) in [5.41, 5.74) is 0. The predicted octanol–water partition coefficient (Wildman–Crippen LogP) is 2.74. The first-order chi connectivity index (χ1) is 7.29. The van der Waals surface area contributed by atoms with Gasteiger partial charge >= 0.3 is 0 Å². The van der Waals surface area contributed by atoms with Gasteiger partial charge in [-0.05, 0) is 19.1 Å². The number of ether oxygens (including phenoxy) is 1. The number of nitrogens with zero attached hydrogens (tertiary/aromatic N) is 3. The van der Waals surface area contributed by atoms with Crippen molar-refractivity contribution in [3.8, 4) is 11.5 Å². The Balaban J connectivity index is 2.18. The van der Waals surface area contributed by atoms with Gasteiger partial charge in [-0.15, -0.1) is 0 Å². The van der Waals surface area contributed by atoms with Crippen LogP contribution in [0.5, 0.6) is 11.5 Å². The second kappa shape index (κ2) is 4.31. The Hall–Kier alpha value is -1.55. The van der Waals surface area contributed by atoms with E-state index in [1.54, 1.807) is 29.2 Å². The number of hydrogen-bond acceptors (Lipinski definition) is 3. The minimum Gasteiger partial charge on any atom is -0.451 e. The molecule has 0 aliphatic rings. The molecule has 0 aliphatic carbocycles. The van der Waals surface area contributed by atoms with Crippen LogP contribution in [0.4, 0.5) is 0 Å². The third-order valence-corrected chi connectivity index (χ3v) is 2.17. The molecule has 5 heteroatoms. The summed E-state index contributed by atoms with van der Waals surface area (Å²) < 4.78 is 7.29. The Morgan fingerprint density at radius 3 is 3.07 bits per heavy atom. The molecule has 0 fully saturated rings. The Labute approximate surface area is 92.5 Å². The molecule has 2 aromatic heterocycles. The summed E-state index contributed by atoms with van der Waals surface area (Å²) in [6, 6.07) is 3.53. The SMILES string of the molecule is CCn1cc(Oc2cccnc2Cl)cn1. The van der Waals surface area contributed by atoms with Crippen molar-refractivity contribution >= 4 is 11.6 Å². The molecule has 2 heterocycles. The van der Waals surface area contributed by atoms with Crippen LogP contribution >= 0.6 is 11.6 Å². The lowest BCUT2D eigenvalue weighted by Crippen LogP contribution is -1.92. The highest BCUT2D eigenvalue weighted by Gasteiger charge is 2.04. The summed E-state index contributed by atoms with van der Waals surface area (Å²) >= 11 is 5.85. The second-order valence-corrected chi connectivity index (χ2v) is 3.28. The van der Waals surface area contributed by atoms with Crippen LogP contribution in [0.3, 0.4) is 0 Å². The van der Waals surface area contributed by atoms with Crippen molar-refractivity contribution in [1.82, 2.24) is 14.8 Å². The van der Waals surface area contributed by atoms with Gasteiger partial charge in [0.1, 0.15) is 0 Å². The molecule has 0 atom stereocenters. The molecule has 0 radical (unpaired) electrons. The monoisotopic (exact) mass is 223 g/mol. The summed E-state index contributed by atoms with van der Waals surface area (Å²) in [7, 11) is 0. The number of aryl methyl sites for hydroxylation is 1. The zero-order chi connectivity index (χ0) is 10.7. The molecule has 0 spiro atoms. The van der Waals surface area contributed by atoms with Crippen molar-refractivity contribution in [2.24, 2.45) is 0 Å². The smallest absolute Gasteiger partial charge is 0.171 e. The van der Waals surface area contributed by atoms with E-state index in [9.17, 15) is 0 Å². The van der Waals surface area contributed by atoms with Crippen LogP contribution in [0.25, 0.3) is 0 Å². The van der Waals surface area contributed by atoms with Crippen molar-refractivity contribution in [3.05, 3.63) is 35.9 Å². The molecular formula is C10H10ClN3O. The molecule has 0 N–H and O–H groups in total. The Kier molecular flexibility index (Phi) is 2.87. The molecule has 78 valence electrons. The molecule has 15 heavy (non-hydrogen) atoms. The quantitative estimate of drug-likeness (QED) is 0.752. The molecule has 0 saturated carbocycles. The first-order valence-corrected chi connectivity index (χ1v) is 4.98. The van der Waals surface area contributed by atoms with Crippen molar-refractivity contribution in [1.29, 1.82) is 0 Å². The van der Waals surface area contributed by atoms with Gasteiger partial charge < -0.3 is 4.74 Å². The highest BCUT2D eigenvalue weighted by molar-refractivity contribution is 6.30. The fourth-order valence-corrected chi connectivity index (χ4v) is 1.30. The van der Waals surface area contributed by atoms with E-state index in [2.05, 4.69) is 10.1 Å². The van der Waals surface area contributed by atoms with Crippen LogP contribution < -0.4 is 4.74 Å². The normalized spacial score (nSPS) is 10.3. The van der Waals surface area contributed by atoms with Gasteiger partial charge in [-0.2, -0.15) is 5.10 Å². The fraction of sp³-hybridized carbons (Fsp3) is 0.200. The lowest BCUT2D eigenvalue weighted by atomic mass is 10.4. The highest BCUT2D eigenvalue weighted by atomic mass is 35.5. The largest absolute Gasteiger partial charge is 0.451 e. The van der Waals surface area contributed by atoms with Gasteiger partial charge in [0.2, 0.25) is 0 Å². The maximum absolute atomic E-state index is 5.85. The summed E-state index contributed by atoms with van der Waals surface area (Å²) in [4.78, 5) is 3.92. The average Bonchev–Trinajstić information content (AvgIpc) is 2.69. The maximum atomic E-state index is 5.85. The molecule has 0 unspecified atom stereocenters. The van der Waals surface area contributed by atoms with Crippen molar-refractivity contribution in [3.63, 3.8) is 0 Å². The molecule has 0 aromatic carbocycles. The number of halogens is 1. The third-order valence-electron chi connectivity index (χ3n) is 1.89. The predicted molar refractivity (Wildman–Crippen MR) is 57.2 cm³/mol. The molecular weight excluding hydrogens is 214 g/mol. The summed E-state index contributed by atoms with van der Waals surface area (Å²) in [6.07, 6.45) is 5.07. The van der Waals surface area contributed by atoms with Gasteiger partial charge in [0.25, 0.3) is 0 Å². The van der Waals surface area contributed by atoms with Crippen LogP contribution in [-0.4, -0.2) is 14.8 Å². The average molecular weight is 224 g/mol. The Morgan fingerprint density at radius 1 is 1.53 bits per heavy atom.